The minimum absolute atomic E-state index is 0.0835. The molecule has 0 aliphatic carbocycles. The van der Waals surface area contributed by atoms with Gasteiger partial charge in [0, 0.05) is 31.1 Å². The molecule has 0 aliphatic heterocycles. The summed E-state index contributed by atoms with van der Waals surface area (Å²) in [4.78, 5) is 1.25. The van der Waals surface area contributed by atoms with Crippen LogP contribution in [0.4, 0.5) is 0 Å². The van der Waals surface area contributed by atoms with Crippen LogP contribution >= 0.6 is 11.5 Å². The van der Waals surface area contributed by atoms with Crippen molar-refractivity contribution in [3.05, 3.63) is 10.6 Å². The number of aromatic nitrogens is 2. The minimum Gasteiger partial charge on any atom is -0.313 e. The Balaban J connectivity index is 2.35. The Morgan fingerprint density at radius 3 is 2.53 bits per heavy atom. The monoisotopic (exact) mass is 256 g/mol. The van der Waals surface area contributed by atoms with E-state index < -0.39 is 0 Å². The van der Waals surface area contributed by atoms with Crippen LogP contribution in [0.15, 0.2) is 0 Å². The third-order valence-electron chi connectivity index (χ3n) is 2.41. The molecule has 0 spiro atoms. The summed E-state index contributed by atoms with van der Waals surface area (Å²) < 4.78 is 4.05. The summed E-state index contributed by atoms with van der Waals surface area (Å²) in [5, 5.41) is 11.0. The lowest BCUT2D eigenvalue weighted by atomic mass is 9.91. The van der Waals surface area contributed by atoms with Crippen molar-refractivity contribution in [1.82, 2.24) is 20.2 Å². The molecule has 0 fully saturated rings. The fraction of sp³-hybridized carbons (Fsp3) is 0.833. The Hall–Kier alpha value is -0.520. The van der Waals surface area contributed by atoms with Gasteiger partial charge in [0.05, 0.1) is 10.6 Å². The predicted octanol–water partition coefficient (Wildman–Crippen LogP) is 1.92. The Morgan fingerprint density at radius 2 is 1.94 bits per heavy atom. The smallest absolute Gasteiger partial charge is 0.0854 e. The highest BCUT2D eigenvalue weighted by Gasteiger charge is 2.21. The summed E-state index contributed by atoms with van der Waals surface area (Å²) in [6, 6.07) is 0.548. The zero-order valence-electron chi connectivity index (χ0n) is 11.5. The van der Waals surface area contributed by atoms with Crippen LogP contribution in [0.2, 0.25) is 0 Å². The van der Waals surface area contributed by atoms with Gasteiger partial charge in [0.15, 0.2) is 0 Å². The molecule has 0 aliphatic rings. The first-order chi connectivity index (χ1) is 7.91. The molecule has 0 radical (unpaired) electrons. The predicted molar refractivity (Wildman–Crippen MR) is 73.5 cm³/mol. The molecular formula is C12H24N4S. The van der Waals surface area contributed by atoms with Crippen LogP contribution in [0.5, 0.6) is 0 Å². The maximum Gasteiger partial charge on any atom is 0.0854 e. The number of rotatable bonds is 6. The molecule has 5 heteroatoms. The SMILES string of the molecule is CC(C)NCCNCc1snnc1C(C)(C)C. The van der Waals surface area contributed by atoms with Crippen LogP contribution in [0, 0.1) is 0 Å². The summed E-state index contributed by atoms with van der Waals surface area (Å²) in [7, 11) is 0. The number of nitrogens with one attached hydrogen (secondary N) is 2. The normalized spacial score (nSPS) is 12.4. The summed E-state index contributed by atoms with van der Waals surface area (Å²) in [6.07, 6.45) is 0. The van der Waals surface area contributed by atoms with Crippen molar-refractivity contribution < 1.29 is 0 Å². The van der Waals surface area contributed by atoms with Crippen molar-refractivity contribution in [1.29, 1.82) is 0 Å². The second-order valence-electron chi connectivity index (χ2n) is 5.58. The van der Waals surface area contributed by atoms with Gasteiger partial charge in [-0.3, -0.25) is 0 Å². The first kappa shape index (κ1) is 14.5. The molecule has 0 saturated carbocycles. The highest BCUT2D eigenvalue weighted by molar-refractivity contribution is 7.05. The van der Waals surface area contributed by atoms with Gasteiger partial charge < -0.3 is 10.6 Å². The highest BCUT2D eigenvalue weighted by atomic mass is 32.1. The lowest BCUT2D eigenvalue weighted by Crippen LogP contribution is -2.31. The van der Waals surface area contributed by atoms with Crippen LogP contribution in [0.3, 0.4) is 0 Å². The average molecular weight is 256 g/mol. The summed E-state index contributed by atoms with van der Waals surface area (Å²) in [5.74, 6) is 0. The van der Waals surface area contributed by atoms with E-state index in [0.717, 1.165) is 25.3 Å². The van der Waals surface area contributed by atoms with Gasteiger partial charge in [-0.1, -0.05) is 39.1 Å². The van der Waals surface area contributed by atoms with E-state index in [4.69, 9.17) is 0 Å². The average Bonchev–Trinajstić information content (AvgIpc) is 2.64. The van der Waals surface area contributed by atoms with Crippen LogP contribution < -0.4 is 10.6 Å². The van der Waals surface area contributed by atoms with Crippen LogP contribution in [-0.2, 0) is 12.0 Å². The van der Waals surface area contributed by atoms with E-state index in [-0.39, 0.29) is 5.41 Å². The quantitative estimate of drug-likeness (QED) is 0.764. The van der Waals surface area contributed by atoms with Gasteiger partial charge in [-0.05, 0) is 11.5 Å². The Morgan fingerprint density at radius 1 is 1.24 bits per heavy atom. The molecular weight excluding hydrogens is 232 g/mol. The Labute approximate surface area is 108 Å². The topological polar surface area (TPSA) is 49.8 Å². The molecule has 0 amide bonds. The van der Waals surface area contributed by atoms with Gasteiger partial charge in [0.1, 0.15) is 0 Å². The summed E-state index contributed by atoms with van der Waals surface area (Å²) in [6.45, 7) is 13.7. The van der Waals surface area contributed by atoms with Crippen molar-refractivity contribution in [2.45, 2.75) is 52.6 Å². The molecule has 0 bridgehead atoms. The van der Waals surface area contributed by atoms with E-state index in [1.165, 1.54) is 16.4 Å². The van der Waals surface area contributed by atoms with E-state index in [9.17, 15) is 0 Å². The number of nitrogens with zero attached hydrogens (tertiary/aromatic N) is 2. The first-order valence-electron chi connectivity index (χ1n) is 6.17. The zero-order valence-corrected chi connectivity index (χ0v) is 12.3. The van der Waals surface area contributed by atoms with Crippen molar-refractivity contribution in [3.8, 4) is 0 Å². The molecule has 1 rings (SSSR count). The first-order valence-corrected chi connectivity index (χ1v) is 6.94. The van der Waals surface area contributed by atoms with Crippen molar-refractivity contribution in [2.24, 2.45) is 0 Å². The second kappa shape index (κ2) is 6.42. The fourth-order valence-electron chi connectivity index (χ4n) is 1.54. The molecule has 2 N–H and O–H groups in total. The van der Waals surface area contributed by atoms with E-state index in [2.05, 4.69) is 54.8 Å². The summed E-state index contributed by atoms with van der Waals surface area (Å²) in [5.41, 5.74) is 1.20. The largest absolute Gasteiger partial charge is 0.313 e. The van der Waals surface area contributed by atoms with E-state index in [1.54, 1.807) is 0 Å². The molecule has 0 unspecified atom stereocenters. The Kier molecular flexibility index (Phi) is 5.49. The Bertz CT molecular complexity index is 327. The van der Waals surface area contributed by atoms with Crippen molar-refractivity contribution in [2.75, 3.05) is 13.1 Å². The molecule has 4 nitrogen and oxygen atoms in total. The van der Waals surface area contributed by atoms with E-state index in [1.807, 2.05) is 0 Å². The van der Waals surface area contributed by atoms with Gasteiger partial charge in [0.25, 0.3) is 0 Å². The standard InChI is InChI=1S/C12H24N4S/c1-9(2)14-7-6-13-8-10-11(12(3,4)5)15-16-17-10/h9,13-14H,6-8H2,1-5H3. The van der Waals surface area contributed by atoms with E-state index in [0.29, 0.717) is 6.04 Å². The molecule has 0 aromatic carbocycles. The number of hydrogen-bond acceptors (Lipinski definition) is 5. The van der Waals surface area contributed by atoms with Gasteiger partial charge in [0.2, 0.25) is 0 Å². The maximum atomic E-state index is 4.23. The van der Waals surface area contributed by atoms with Gasteiger partial charge in [-0.15, -0.1) is 5.10 Å². The van der Waals surface area contributed by atoms with Gasteiger partial charge >= 0.3 is 0 Å². The van der Waals surface area contributed by atoms with E-state index >= 15 is 0 Å². The fourth-order valence-corrected chi connectivity index (χ4v) is 2.37. The third-order valence-corrected chi connectivity index (χ3v) is 3.13. The molecule has 98 valence electrons. The summed E-state index contributed by atoms with van der Waals surface area (Å²) >= 11 is 1.50. The lowest BCUT2D eigenvalue weighted by Gasteiger charge is -2.16. The maximum absolute atomic E-state index is 4.23. The van der Waals surface area contributed by atoms with Crippen LogP contribution in [-0.4, -0.2) is 28.7 Å². The highest BCUT2D eigenvalue weighted by Crippen LogP contribution is 2.25. The van der Waals surface area contributed by atoms with Crippen LogP contribution in [0.25, 0.3) is 0 Å². The van der Waals surface area contributed by atoms with Gasteiger partial charge in [-0.2, -0.15) is 0 Å². The lowest BCUT2D eigenvalue weighted by molar-refractivity contribution is 0.540. The molecule has 1 aromatic heterocycles. The van der Waals surface area contributed by atoms with Crippen LogP contribution in [0.1, 0.15) is 45.2 Å². The second-order valence-corrected chi connectivity index (χ2v) is 6.42. The zero-order chi connectivity index (χ0) is 12.9. The minimum atomic E-state index is 0.0835. The van der Waals surface area contributed by atoms with Crippen molar-refractivity contribution >= 4 is 11.5 Å². The molecule has 0 saturated heterocycles. The number of hydrogen-bond donors (Lipinski definition) is 2. The molecule has 0 atom stereocenters. The molecule has 1 heterocycles. The van der Waals surface area contributed by atoms with Gasteiger partial charge in [-0.25, -0.2) is 0 Å². The molecule has 1 aromatic rings. The molecule has 17 heavy (non-hydrogen) atoms. The van der Waals surface area contributed by atoms with Crippen molar-refractivity contribution in [3.63, 3.8) is 0 Å². The third kappa shape index (κ3) is 5.10.